The number of nitro groups is 1. The van der Waals surface area contributed by atoms with Crippen LogP contribution >= 0.6 is 0 Å². The maximum absolute atomic E-state index is 11.8. The van der Waals surface area contributed by atoms with Crippen LogP contribution in [0, 0.1) is 21.4 Å². The molecule has 3 rings (SSSR count). The largest absolute Gasteiger partial charge is 0.493 e. The second-order valence-corrected chi connectivity index (χ2v) is 8.45. The number of ether oxygens (including phenoxy) is 6. The number of hydrogen-bond donors (Lipinski definition) is 0. The number of nitrogens with zero attached hydrogens (tertiary/aromatic N) is 2. The van der Waals surface area contributed by atoms with Crippen molar-refractivity contribution >= 4 is 0 Å². The molecule has 0 spiro atoms. The van der Waals surface area contributed by atoms with E-state index in [2.05, 4.69) is 6.07 Å². The number of fused-ring (bicyclic) bond motifs is 1. The lowest BCUT2D eigenvalue weighted by Crippen LogP contribution is -2.31. The highest BCUT2D eigenvalue weighted by Crippen LogP contribution is 2.51. The van der Waals surface area contributed by atoms with E-state index in [-0.39, 0.29) is 17.8 Å². The minimum absolute atomic E-state index is 0.0981. The topological polar surface area (TPSA) is 122 Å². The summed E-state index contributed by atoms with van der Waals surface area (Å²) in [5, 5.41) is 22.1. The van der Waals surface area contributed by atoms with E-state index in [1.54, 1.807) is 18.2 Å². The Bertz CT molecular complexity index is 1090. The molecule has 0 fully saturated rings. The van der Waals surface area contributed by atoms with Gasteiger partial charge in [-0.1, -0.05) is 19.1 Å². The first kappa shape index (κ1) is 26.7. The first-order valence-electron chi connectivity index (χ1n) is 11.7. The normalized spacial score (nSPS) is 14.9. The van der Waals surface area contributed by atoms with Crippen LogP contribution in [0.15, 0.2) is 30.3 Å². The minimum atomic E-state index is -0.990. The van der Waals surface area contributed by atoms with Gasteiger partial charge in [0, 0.05) is 16.9 Å². The van der Waals surface area contributed by atoms with Crippen LogP contribution in [0.4, 0.5) is 0 Å². The van der Waals surface area contributed by atoms with Gasteiger partial charge in [-0.25, -0.2) is 0 Å². The number of rotatable bonds is 13. The molecule has 0 bridgehead atoms. The maximum Gasteiger partial charge on any atom is 0.248 e. The molecule has 0 saturated carbocycles. The highest BCUT2D eigenvalue weighted by atomic mass is 16.7. The predicted octanol–water partition coefficient (Wildman–Crippen LogP) is 4.90. The zero-order valence-corrected chi connectivity index (χ0v) is 21.2. The fourth-order valence-corrected chi connectivity index (χ4v) is 4.60. The van der Waals surface area contributed by atoms with Gasteiger partial charge in [-0.05, 0) is 37.5 Å². The summed E-state index contributed by atoms with van der Waals surface area (Å²) in [6.07, 6.45) is 0.869. The first-order chi connectivity index (χ1) is 17.4. The van der Waals surface area contributed by atoms with Gasteiger partial charge in [-0.15, -0.1) is 0 Å². The van der Waals surface area contributed by atoms with E-state index in [4.69, 9.17) is 28.4 Å². The smallest absolute Gasteiger partial charge is 0.248 e. The summed E-state index contributed by atoms with van der Waals surface area (Å²) in [4.78, 5) is 11.5. The number of methoxy groups -OCH3 is 4. The van der Waals surface area contributed by atoms with Crippen molar-refractivity contribution in [3.05, 3.63) is 46.0 Å². The maximum atomic E-state index is 11.8. The van der Waals surface area contributed by atoms with Crippen molar-refractivity contribution in [2.24, 2.45) is 0 Å². The number of nitriles is 1. The molecule has 0 saturated heterocycles. The zero-order chi connectivity index (χ0) is 26.3. The van der Waals surface area contributed by atoms with E-state index in [0.717, 1.165) is 0 Å². The second kappa shape index (κ2) is 11.7. The van der Waals surface area contributed by atoms with E-state index in [0.29, 0.717) is 59.3 Å². The van der Waals surface area contributed by atoms with Gasteiger partial charge in [0.1, 0.15) is 0 Å². The molecule has 10 heteroatoms. The van der Waals surface area contributed by atoms with Crippen molar-refractivity contribution < 1.29 is 33.3 Å². The Labute approximate surface area is 210 Å². The number of para-hydroxylation sites is 2. The summed E-state index contributed by atoms with van der Waals surface area (Å²) in [7, 11) is 5.97. The Morgan fingerprint density at radius 3 is 2.14 bits per heavy atom. The van der Waals surface area contributed by atoms with Gasteiger partial charge in [0.15, 0.2) is 23.0 Å². The Morgan fingerprint density at radius 2 is 1.67 bits per heavy atom. The molecule has 2 aromatic rings. The lowest BCUT2D eigenvalue weighted by atomic mass is 9.74. The molecule has 2 atom stereocenters. The fraction of sp³-hybridized carbons (Fsp3) is 0.500. The van der Waals surface area contributed by atoms with Crippen LogP contribution in [0.25, 0.3) is 0 Å². The Hall–Kier alpha value is -3.87. The third-order valence-electron chi connectivity index (χ3n) is 6.59. The van der Waals surface area contributed by atoms with Gasteiger partial charge in [-0.2, -0.15) is 5.26 Å². The lowest BCUT2D eigenvalue weighted by molar-refractivity contribution is -0.527. The molecule has 0 aromatic heterocycles. The van der Waals surface area contributed by atoms with Crippen LogP contribution in [0.2, 0.25) is 0 Å². The highest BCUT2D eigenvalue weighted by Gasteiger charge is 2.38. The van der Waals surface area contributed by atoms with Crippen molar-refractivity contribution in [2.45, 2.75) is 56.8 Å². The zero-order valence-electron chi connectivity index (χ0n) is 21.2. The summed E-state index contributed by atoms with van der Waals surface area (Å²) >= 11 is 0. The fourth-order valence-electron chi connectivity index (χ4n) is 4.60. The molecule has 10 nitrogen and oxygen atoms in total. The Morgan fingerprint density at radius 1 is 1.06 bits per heavy atom. The average molecular weight is 501 g/mol. The van der Waals surface area contributed by atoms with Gasteiger partial charge in [-0.3, -0.25) is 10.1 Å². The van der Waals surface area contributed by atoms with E-state index in [1.165, 1.54) is 28.4 Å². The molecule has 1 heterocycles. The quantitative estimate of drug-likeness (QED) is 0.279. The second-order valence-electron chi connectivity index (χ2n) is 8.45. The molecule has 1 aliphatic rings. The summed E-state index contributed by atoms with van der Waals surface area (Å²) < 4.78 is 33.6. The van der Waals surface area contributed by atoms with Crippen molar-refractivity contribution in [1.82, 2.24) is 0 Å². The van der Waals surface area contributed by atoms with Crippen LogP contribution in [-0.2, 0) is 5.41 Å². The minimum Gasteiger partial charge on any atom is -0.493 e. The third kappa shape index (κ3) is 5.20. The van der Waals surface area contributed by atoms with Crippen molar-refractivity contribution in [3.8, 4) is 40.6 Å². The molecule has 0 N–H and O–H groups in total. The highest BCUT2D eigenvalue weighted by molar-refractivity contribution is 5.65. The first-order valence-corrected chi connectivity index (χ1v) is 11.7. The molecule has 2 unspecified atom stereocenters. The van der Waals surface area contributed by atoms with E-state index < -0.39 is 17.7 Å². The number of benzene rings is 2. The van der Waals surface area contributed by atoms with Crippen molar-refractivity contribution in [3.63, 3.8) is 0 Å². The van der Waals surface area contributed by atoms with Gasteiger partial charge < -0.3 is 28.4 Å². The summed E-state index contributed by atoms with van der Waals surface area (Å²) in [6.45, 7) is 1.90. The molecule has 0 amide bonds. The summed E-state index contributed by atoms with van der Waals surface area (Å²) in [5.74, 6) is 2.60. The van der Waals surface area contributed by atoms with Crippen LogP contribution in [0.5, 0.6) is 34.5 Å². The van der Waals surface area contributed by atoms with Crippen molar-refractivity contribution in [1.29, 1.82) is 5.26 Å². The van der Waals surface area contributed by atoms with Gasteiger partial charge >= 0.3 is 0 Å². The molecule has 2 aromatic carbocycles. The molecular weight excluding hydrogens is 468 g/mol. The SMILES string of the molecule is CCC(C#N)(CCCC(CC1Oc2ccccc2O1)[N+](=O)[O-])c1cc(OC)c(OC)c(OC)c1OC. The standard InChI is InChI=1S/C26H32N2O8/c1-6-26(16-27,18-15-21(31-2)24(33-4)25(34-5)23(18)32-3)13-9-10-17(28(29)30)14-22-35-19-11-7-8-12-20(19)36-22/h7-8,11-12,15,17,22H,6,9-10,13-14H2,1-5H3. The van der Waals surface area contributed by atoms with Crippen LogP contribution < -0.4 is 28.4 Å². The average Bonchev–Trinajstić information content (AvgIpc) is 3.31. The lowest BCUT2D eigenvalue weighted by Gasteiger charge is -2.29. The molecule has 0 radical (unpaired) electrons. The van der Waals surface area contributed by atoms with Crippen LogP contribution in [-0.4, -0.2) is 45.7 Å². The third-order valence-corrected chi connectivity index (χ3v) is 6.59. The molecule has 1 aliphatic heterocycles. The molecule has 36 heavy (non-hydrogen) atoms. The predicted molar refractivity (Wildman–Crippen MR) is 131 cm³/mol. The Balaban J connectivity index is 1.80. The van der Waals surface area contributed by atoms with E-state index in [1.807, 2.05) is 19.1 Å². The molecular formula is C26H32N2O8. The van der Waals surface area contributed by atoms with Gasteiger partial charge in [0.2, 0.25) is 23.8 Å². The summed E-state index contributed by atoms with van der Waals surface area (Å²) in [6, 6.07) is 10.4. The molecule has 0 aliphatic carbocycles. The van der Waals surface area contributed by atoms with E-state index in [9.17, 15) is 15.4 Å². The van der Waals surface area contributed by atoms with Gasteiger partial charge in [0.05, 0.1) is 46.3 Å². The molecule has 194 valence electrons. The Kier molecular flexibility index (Phi) is 8.69. The summed E-state index contributed by atoms with van der Waals surface area (Å²) in [5.41, 5.74) is -0.407. The van der Waals surface area contributed by atoms with Crippen LogP contribution in [0.1, 0.15) is 44.6 Å². The van der Waals surface area contributed by atoms with Crippen molar-refractivity contribution in [2.75, 3.05) is 28.4 Å². The van der Waals surface area contributed by atoms with Crippen LogP contribution in [0.3, 0.4) is 0 Å². The number of hydrogen-bond acceptors (Lipinski definition) is 9. The monoisotopic (exact) mass is 500 g/mol. The van der Waals surface area contributed by atoms with Gasteiger partial charge in [0.25, 0.3) is 0 Å². The van der Waals surface area contributed by atoms with E-state index >= 15 is 0 Å².